The van der Waals surface area contributed by atoms with Gasteiger partial charge in [0, 0.05) is 23.7 Å². The molecule has 2 aromatic rings. The van der Waals surface area contributed by atoms with Crippen molar-refractivity contribution in [2.75, 3.05) is 5.32 Å². The Bertz CT molecular complexity index is 614. The summed E-state index contributed by atoms with van der Waals surface area (Å²) in [5.41, 5.74) is 6.94. The summed E-state index contributed by atoms with van der Waals surface area (Å²) in [5.74, 6) is 2.12. The van der Waals surface area contributed by atoms with Gasteiger partial charge in [-0.05, 0) is 26.7 Å². The van der Waals surface area contributed by atoms with Crippen LogP contribution in [0.4, 0.5) is 5.82 Å². The van der Waals surface area contributed by atoms with Gasteiger partial charge in [0.05, 0.1) is 6.54 Å². The first-order valence-corrected chi connectivity index (χ1v) is 7.56. The highest BCUT2D eigenvalue weighted by Gasteiger charge is 2.28. The first-order valence-electron chi connectivity index (χ1n) is 6.74. The molecule has 3 N–H and O–H groups in total. The molecule has 1 aliphatic rings. The summed E-state index contributed by atoms with van der Waals surface area (Å²) in [6.45, 7) is 4.52. The van der Waals surface area contributed by atoms with Gasteiger partial charge >= 0.3 is 0 Å². The highest BCUT2D eigenvalue weighted by molar-refractivity contribution is 7.11. The van der Waals surface area contributed by atoms with Crippen molar-refractivity contribution in [3.8, 4) is 0 Å². The average molecular weight is 363 g/mol. The summed E-state index contributed by atoms with van der Waals surface area (Å²) in [7, 11) is 0. The summed E-state index contributed by atoms with van der Waals surface area (Å²) in [5, 5.41) is 13.3. The smallest absolute Gasteiger partial charge is 0.136 e. The third-order valence-electron chi connectivity index (χ3n) is 3.44. The molecule has 1 fully saturated rings. The number of halogens is 2. The van der Waals surface area contributed by atoms with Crippen LogP contribution in [0.2, 0.25) is 0 Å². The summed E-state index contributed by atoms with van der Waals surface area (Å²) in [4.78, 5) is 8.94. The topological polar surface area (TPSA) is 89.6 Å². The third-order valence-corrected chi connectivity index (χ3v) is 4.28. The molecule has 0 bridgehead atoms. The summed E-state index contributed by atoms with van der Waals surface area (Å²) in [6, 6.07) is 2.35. The van der Waals surface area contributed by atoms with E-state index in [1.165, 1.54) is 0 Å². The number of nitrogens with one attached hydrogen (secondary N) is 1. The number of hydrogen-bond acceptors (Lipinski definition) is 7. The molecule has 0 atom stereocenters. The molecule has 0 amide bonds. The lowest BCUT2D eigenvalue weighted by Crippen LogP contribution is -2.35. The van der Waals surface area contributed by atoms with E-state index in [1.807, 2.05) is 19.9 Å². The van der Waals surface area contributed by atoms with E-state index in [9.17, 15) is 0 Å². The Morgan fingerprint density at radius 3 is 2.55 bits per heavy atom. The van der Waals surface area contributed by atoms with E-state index in [1.54, 1.807) is 11.3 Å². The summed E-state index contributed by atoms with van der Waals surface area (Å²) < 4.78 is 0. The van der Waals surface area contributed by atoms with E-state index < -0.39 is 0 Å². The first-order chi connectivity index (χ1) is 9.60. The lowest BCUT2D eigenvalue weighted by molar-refractivity contribution is 0.344. The van der Waals surface area contributed by atoms with Crippen LogP contribution in [0.15, 0.2) is 6.07 Å². The van der Waals surface area contributed by atoms with Crippen LogP contribution in [0.5, 0.6) is 0 Å². The van der Waals surface area contributed by atoms with Gasteiger partial charge in [0.1, 0.15) is 21.7 Å². The standard InChI is InChI=1S/C13H18N6S.2ClH/c1-7-16-11(9-3-10(14)4-9)5-12(17-7)15-6-13-19-18-8(2)20-13;;/h5,9-10H,3-4,6,14H2,1-2H3,(H,15,16,17);2*1H. The Balaban J connectivity index is 0.00000121. The van der Waals surface area contributed by atoms with Crippen LogP contribution in [0.25, 0.3) is 0 Å². The molecule has 3 rings (SSSR count). The first kappa shape index (κ1) is 19.0. The van der Waals surface area contributed by atoms with Gasteiger partial charge in [0.25, 0.3) is 0 Å². The second-order valence-corrected chi connectivity index (χ2v) is 6.49. The van der Waals surface area contributed by atoms with Crippen molar-refractivity contribution in [2.45, 2.75) is 45.2 Å². The summed E-state index contributed by atoms with van der Waals surface area (Å²) in [6.07, 6.45) is 2.04. The molecule has 122 valence electrons. The van der Waals surface area contributed by atoms with Crippen molar-refractivity contribution >= 4 is 42.0 Å². The SMILES string of the molecule is Cc1nc(NCc2nnc(C)s2)cc(C2CC(N)C2)n1.Cl.Cl. The Morgan fingerprint density at radius 1 is 1.23 bits per heavy atom. The number of aromatic nitrogens is 4. The van der Waals surface area contributed by atoms with E-state index >= 15 is 0 Å². The maximum atomic E-state index is 5.85. The molecular weight excluding hydrogens is 343 g/mol. The molecule has 0 radical (unpaired) electrons. The van der Waals surface area contributed by atoms with Gasteiger partial charge in [0.15, 0.2) is 0 Å². The Kier molecular flexibility index (Phi) is 6.93. The van der Waals surface area contributed by atoms with Crippen LogP contribution in [-0.4, -0.2) is 26.2 Å². The molecule has 0 unspecified atom stereocenters. The predicted octanol–water partition coefficient (Wildman–Crippen LogP) is 2.61. The van der Waals surface area contributed by atoms with Gasteiger partial charge in [0.2, 0.25) is 0 Å². The molecule has 0 saturated heterocycles. The van der Waals surface area contributed by atoms with Crippen molar-refractivity contribution in [3.05, 3.63) is 27.6 Å². The molecule has 6 nitrogen and oxygen atoms in total. The van der Waals surface area contributed by atoms with E-state index in [0.29, 0.717) is 18.5 Å². The van der Waals surface area contributed by atoms with Gasteiger partial charge in [-0.15, -0.1) is 35.0 Å². The molecular formula is C13H20Cl2N6S. The fourth-order valence-electron chi connectivity index (χ4n) is 2.37. The molecule has 2 aromatic heterocycles. The second-order valence-electron chi connectivity index (χ2n) is 5.22. The maximum Gasteiger partial charge on any atom is 0.136 e. The van der Waals surface area contributed by atoms with E-state index in [-0.39, 0.29) is 24.8 Å². The van der Waals surface area contributed by atoms with Crippen molar-refractivity contribution in [3.63, 3.8) is 0 Å². The fraction of sp³-hybridized carbons (Fsp3) is 0.538. The van der Waals surface area contributed by atoms with Crippen molar-refractivity contribution in [2.24, 2.45) is 5.73 Å². The van der Waals surface area contributed by atoms with Crippen LogP contribution < -0.4 is 11.1 Å². The third kappa shape index (κ3) is 4.49. The van der Waals surface area contributed by atoms with E-state index in [0.717, 1.165) is 40.2 Å². The molecule has 1 aliphatic carbocycles. The van der Waals surface area contributed by atoms with Crippen LogP contribution in [0.1, 0.15) is 40.3 Å². The Labute approximate surface area is 146 Å². The normalized spacial score (nSPS) is 19.6. The quantitative estimate of drug-likeness (QED) is 0.868. The zero-order chi connectivity index (χ0) is 14.1. The highest BCUT2D eigenvalue weighted by Crippen LogP contribution is 2.35. The number of nitrogens with zero attached hydrogens (tertiary/aromatic N) is 4. The minimum atomic E-state index is 0. The van der Waals surface area contributed by atoms with Gasteiger partial charge in [-0.1, -0.05) is 11.3 Å². The van der Waals surface area contributed by atoms with Crippen molar-refractivity contribution in [1.82, 2.24) is 20.2 Å². The fourth-order valence-corrected chi connectivity index (χ4v) is 3.02. The number of nitrogens with two attached hydrogens (primary N) is 1. The minimum Gasteiger partial charge on any atom is -0.363 e. The number of rotatable bonds is 4. The minimum absolute atomic E-state index is 0. The lowest BCUT2D eigenvalue weighted by atomic mass is 9.78. The Morgan fingerprint density at radius 2 is 1.95 bits per heavy atom. The van der Waals surface area contributed by atoms with Gasteiger partial charge in [-0.25, -0.2) is 9.97 Å². The highest BCUT2D eigenvalue weighted by atomic mass is 35.5. The second kappa shape index (κ2) is 8.01. The van der Waals surface area contributed by atoms with Gasteiger partial charge < -0.3 is 11.1 Å². The van der Waals surface area contributed by atoms with E-state index in [4.69, 9.17) is 5.73 Å². The number of hydrogen-bond donors (Lipinski definition) is 2. The number of aryl methyl sites for hydroxylation is 2. The monoisotopic (exact) mass is 362 g/mol. The Hall–Kier alpha value is -1.02. The summed E-state index contributed by atoms with van der Waals surface area (Å²) >= 11 is 1.59. The molecule has 22 heavy (non-hydrogen) atoms. The van der Waals surface area contributed by atoms with Crippen LogP contribution in [-0.2, 0) is 6.54 Å². The number of anilines is 1. The van der Waals surface area contributed by atoms with Crippen LogP contribution in [0, 0.1) is 13.8 Å². The largest absolute Gasteiger partial charge is 0.363 e. The van der Waals surface area contributed by atoms with Crippen molar-refractivity contribution < 1.29 is 0 Å². The molecule has 2 heterocycles. The molecule has 0 aromatic carbocycles. The van der Waals surface area contributed by atoms with Crippen LogP contribution in [0.3, 0.4) is 0 Å². The molecule has 1 saturated carbocycles. The lowest BCUT2D eigenvalue weighted by Gasteiger charge is -2.32. The van der Waals surface area contributed by atoms with E-state index in [2.05, 4.69) is 25.5 Å². The van der Waals surface area contributed by atoms with Gasteiger partial charge in [-0.3, -0.25) is 0 Å². The maximum absolute atomic E-state index is 5.85. The molecule has 9 heteroatoms. The predicted molar refractivity (Wildman–Crippen MR) is 93.2 cm³/mol. The van der Waals surface area contributed by atoms with Crippen molar-refractivity contribution in [1.29, 1.82) is 0 Å². The molecule has 0 aliphatic heterocycles. The molecule has 0 spiro atoms. The van der Waals surface area contributed by atoms with Gasteiger partial charge in [-0.2, -0.15) is 0 Å². The average Bonchev–Trinajstić information content (AvgIpc) is 2.78. The van der Waals surface area contributed by atoms with Crippen LogP contribution >= 0.6 is 36.2 Å². The zero-order valence-corrected chi connectivity index (χ0v) is 14.9. The zero-order valence-electron chi connectivity index (χ0n) is 12.4.